The third kappa shape index (κ3) is 3.05. The van der Waals surface area contributed by atoms with Crippen LogP contribution >= 0.6 is 11.8 Å². The van der Waals surface area contributed by atoms with Crippen molar-refractivity contribution in [2.24, 2.45) is 0 Å². The molecular formula is C17H20N2O4S. The second-order valence-corrected chi connectivity index (χ2v) is 7.56. The molecule has 2 amide bonds. The van der Waals surface area contributed by atoms with E-state index < -0.39 is 0 Å². The van der Waals surface area contributed by atoms with Crippen molar-refractivity contribution < 1.29 is 19.1 Å². The fourth-order valence-electron chi connectivity index (χ4n) is 3.39. The van der Waals surface area contributed by atoms with Gasteiger partial charge in [0.2, 0.25) is 18.6 Å². The van der Waals surface area contributed by atoms with E-state index in [1.54, 1.807) is 0 Å². The van der Waals surface area contributed by atoms with Crippen LogP contribution in [0.5, 0.6) is 11.5 Å². The first-order chi connectivity index (χ1) is 11.7. The molecule has 0 aliphatic carbocycles. The molecule has 3 aliphatic heterocycles. The van der Waals surface area contributed by atoms with Gasteiger partial charge in [-0.15, -0.1) is 0 Å². The van der Waals surface area contributed by atoms with Gasteiger partial charge in [-0.05, 0) is 30.5 Å². The van der Waals surface area contributed by atoms with Crippen LogP contribution in [0.25, 0.3) is 0 Å². The predicted molar refractivity (Wildman–Crippen MR) is 90.1 cm³/mol. The molecule has 6 nitrogen and oxygen atoms in total. The molecule has 128 valence electrons. The molecule has 4 rings (SSSR count). The lowest BCUT2D eigenvalue weighted by Crippen LogP contribution is -2.45. The summed E-state index contributed by atoms with van der Waals surface area (Å²) in [6.07, 6.45) is 1.97. The molecule has 2 saturated heterocycles. The normalized spacial score (nSPS) is 26.2. The maximum atomic E-state index is 12.6. The van der Waals surface area contributed by atoms with Crippen LogP contribution in [0.2, 0.25) is 0 Å². The molecule has 24 heavy (non-hydrogen) atoms. The van der Waals surface area contributed by atoms with Crippen molar-refractivity contribution in [3.63, 3.8) is 0 Å². The van der Waals surface area contributed by atoms with Crippen LogP contribution in [0.1, 0.15) is 30.1 Å². The summed E-state index contributed by atoms with van der Waals surface area (Å²) < 4.78 is 10.8. The van der Waals surface area contributed by atoms with Crippen molar-refractivity contribution in [3.8, 4) is 11.5 Å². The van der Waals surface area contributed by atoms with Gasteiger partial charge in [0, 0.05) is 30.5 Å². The number of nitrogens with one attached hydrogen (secondary N) is 1. The first-order valence-electron chi connectivity index (χ1n) is 8.30. The highest BCUT2D eigenvalue weighted by Crippen LogP contribution is 2.40. The molecule has 0 spiro atoms. The summed E-state index contributed by atoms with van der Waals surface area (Å²) in [5.74, 6) is 2.54. The number of hydrogen-bond donors (Lipinski definition) is 1. The van der Waals surface area contributed by atoms with Crippen molar-refractivity contribution in [2.45, 2.75) is 30.6 Å². The van der Waals surface area contributed by atoms with Gasteiger partial charge >= 0.3 is 0 Å². The van der Waals surface area contributed by atoms with Crippen molar-refractivity contribution in [1.82, 2.24) is 10.2 Å². The Morgan fingerprint density at radius 1 is 1.21 bits per heavy atom. The van der Waals surface area contributed by atoms with Crippen LogP contribution in [-0.2, 0) is 9.59 Å². The highest BCUT2D eigenvalue weighted by atomic mass is 32.2. The number of thioether (sulfide) groups is 1. The second kappa shape index (κ2) is 6.55. The van der Waals surface area contributed by atoms with Gasteiger partial charge in [0.15, 0.2) is 11.5 Å². The molecule has 1 aromatic rings. The Morgan fingerprint density at radius 2 is 2.08 bits per heavy atom. The first kappa shape index (κ1) is 15.6. The Balaban J connectivity index is 1.41. The second-order valence-electron chi connectivity index (χ2n) is 6.24. The van der Waals surface area contributed by atoms with Crippen molar-refractivity contribution in [2.75, 3.05) is 25.6 Å². The van der Waals surface area contributed by atoms with Crippen molar-refractivity contribution in [3.05, 3.63) is 23.8 Å². The average molecular weight is 348 g/mol. The SMILES string of the molecule is O=C1CCC(C(=O)N2CCSC(c3ccc4c(c3)OCO4)CC2)N1. The van der Waals surface area contributed by atoms with Crippen molar-refractivity contribution in [1.29, 1.82) is 0 Å². The lowest BCUT2D eigenvalue weighted by atomic mass is 10.1. The molecule has 0 aromatic heterocycles. The molecule has 2 atom stereocenters. The lowest BCUT2D eigenvalue weighted by molar-refractivity contribution is -0.134. The summed E-state index contributed by atoms with van der Waals surface area (Å²) in [5, 5.41) is 3.12. The molecule has 3 aliphatic rings. The van der Waals surface area contributed by atoms with Gasteiger partial charge in [-0.2, -0.15) is 11.8 Å². The Morgan fingerprint density at radius 3 is 2.92 bits per heavy atom. The number of carbonyl (C=O) groups excluding carboxylic acids is 2. The molecule has 0 saturated carbocycles. The maximum Gasteiger partial charge on any atom is 0.245 e. The van der Waals surface area contributed by atoms with E-state index in [2.05, 4.69) is 17.4 Å². The largest absolute Gasteiger partial charge is 0.454 e. The highest BCUT2D eigenvalue weighted by molar-refractivity contribution is 7.99. The van der Waals surface area contributed by atoms with Crippen LogP contribution in [0.15, 0.2) is 18.2 Å². The number of benzene rings is 1. The fourth-order valence-corrected chi connectivity index (χ4v) is 4.61. The number of fused-ring (bicyclic) bond motifs is 1. The Hall–Kier alpha value is -1.89. The first-order valence-corrected chi connectivity index (χ1v) is 9.35. The van der Waals surface area contributed by atoms with Gasteiger partial charge in [-0.25, -0.2) is 0 Å². The van der Waals surface area contributed by atoms with Gasteiger partial charge in [0.1, 0.15) is 6.04 Å². The summed E-state index contributed by atoms with van der Waals surface area (Å²) in [6.45, 7) is 1.74. The van der Waals surface area contributed by atoms with Gasteiger partial charge in [0.25, 0.3) is 0 Å². The predicted octanol–water partition coefficient (Wildman–Crippen LogP) is 1.70. The Bertz CT molecular complexity index is 666. The number of ether oxygens (including phenoxy) is 2. The van der Waals surface area contributed by atoms with E-state index >= 15 is 0 Å². The van der Waals surface area contributed by atoms with E-state index in [-0.39, 0.29) is 24.6 Å². The number of amides is 2. The topological polar surface area (TPSA) is 67.9 Å². The smallest absolute Gasteiger partial charge is 0.245 e. The van der Waals surface area contributed by atoms with Crippen molar-refractivity contribution >= 4 is 23.6 Å². The van der Waals surface area contributed by atoms with Gasteiger partial charge in [-0.1, -0.05) is 6.07 Å². The van der Waals surface area contributed by atoms with E-state index in [1.807, 2.05) is 22.7 Å². The minimum Gasteiger partial charge on any atom is -0.454 e. The molecule has 7 heteroatoms. The highest BCUT2D eigenvalue weighted by Gasteiger charge is 2.32. The summed E-state index contributed by atoms with van der Waals surface area (Å²) in [7, 11) is 0. The van der Waals surface area contributed by atoms with E-state index in [0.29, 0.717) is 18.1 Å². The summed E-state index contributed by atoms with van der Waals surface area (Å²) in [6, 6.07) is 5.76. The maximum absolute atomic E-state index is 12.6. The third-order valence-electron chi connectivity index (χ3n) is 4.71. The van der Waals surface area contributed by atoms with E-state index in [1.165, 1.54) is 5.56 Å². The molecule has 1 aromatic carbocycles. The Kier molecular flexibility index (Phi) is 4.26. The van der Waals surface area contributed by atoms with E-state index in [0.717, 1.165) is 36.8 Å². The quantitative estimate of drug-likeness (QED) is 0.881. The molecule has 2 unspecified atom stereocenters. The van der Waals surface area contributed by atoms with Gasteiger partial charge in [0.05, 0.1) is 0 Å². The Labute approximate surface area is 144 Å². The zero-order valence-electron chi connectivity index (χ0n) is 13.3. The molecule has 0 radical (unpaired) electrons. The van der Waals surface area contributed by atoms with Crippen LogP contribution in [0.3, 0.4) is 0 Å². The fraction of sp³-hybridized carbons (Fsp3) is 0.529. The standard InChI is InChI=1S/C17H20N2O4S/c20-16-4-2-12(18-16)17(21)19-6-5-15(24-8-7-19)11-1-3-13-14(9-11)23-10-22-13/h1,3,9,12,15H,2,4-8,10H2,(H,18,20). The number of rotatable bonds is 2. The molecular weight excluding hydrogens is 328 g/mol. The summed E-state index contributed by atoms with van der Waals surface area (Å²) in [4.78, 5) is 25.8. The lowest BCUT2D eigenvalue weighted by Gasteiger charge is -2.23. The molecule has 2 fully saturated rings. The van der Waals surface area contributed by atoms with Gasteiger partial charge in [-0.3, -0.25) is 9.59 Å². The molecule has 0 bridgehead atoms. The van der Waals surface area contributed by atoms with E-state index in [9.17, 15) is 9.59 Å². The monoisotopic (exact) mass is 348 g/mol. The minimum absolute atomic E-state index is 0.0178. The van der Waals surface area contributed by atoms with E-state index in [4.69, 9.17) is 9.47 Å². The van der Waals surface area contributed by atoms with Crippen LogP contribution in [-0.4, -0.2) is 48.4 Å². The zero-order valence-corrected chi connectivity index (χ0v) is 14.1. The number of hydrogen-bond acceptors (Lipinski definition) is 5. The average Bonchev–Trinajstić information content (AvgIpc) is 3.16. The summed E-state index contributed by atoms with van der Waals surface area (Å²) >= 11 is 1.87. The number of nitrogens with zero attached hydrogens (tertiary/aromatic N) is 1. The minimum atomic E-state index is -0.329. The zero-order chi connectivity index (χ0) is 16.5. The molecule has 1 N–H and O–H groups in total. The van der Waals surface area contributed by atoms with Crippen LogP contribution in [0.4, 0.5) is 0 Å². The van der Waals surface area contributed by atoms with Crippen LogP contribution < -0.4 is 14.8 Å². The van der Waals surface area contributed by atoms with Gasteiger partial charge < -0.3 is 19.7 Å². The third-order valence-corrected chi connectivity index (χ3v) is 6.04. The molecule has 3 heterocycles. The number of carbonyl (C=O) groups is 2. The summed E-state index contributed by atoms with van der Waals surface area (Å²) in [5.41, 5.74) is 1.22. The van der Waals surface area contributed by atoms with Crippen LogP contribution in [0, 0.1) is 0 Å².